The van der Waals surface area contributed by atoms with E-state index in [0.717, 1.165) is 93.5 Å². The molecule has 326 valence electrons. The molecule has 0 N–H and O–H groups in total. The first-order chi connectivity index (χ1) is 36.4. The monoisotopic (exact) mass is 897 g/mol. The van der Waals surface area contributed by atoms with E-state index in [2.05, 4.69) is 171 Å². The van der Waals surface area contributed by atoms with Gasteiger partial charge in [0.05, 0.1) is 60.9 Å². The van der Waals surface area contributed by atoms with Gasteiger partial charge in [-0.15, -0.1) is 0 Å². The minimum absolute atomic E-state index is 0.129. The molecule has 15 rings (SSSR count). The van der Waals surface area contributed by atoms with E-state index in [-0.39, 0.29) is 35.6 Å². The summed E-state index contributed by atoms with van der Waals surface area (Å²) in [4.78, 5) is 16.6. The van der Waals surface area contributed by atoms with Crippen LogP contribution in [0.25, 0.3) is 133 Å². The molecule has 0 aliphatic heterocycles. The van der Waals surface area contributed by atoms with Gasteiger partial charge in [0.25, 0.3) is 0 Å². The number of hydrogen-bond donors (Lipinski definition) is 0. The van der Waals surface area contributed by atoms with Gasteiger partial charge in [0.2, 0.25) is 11.9 Å². The molecule has 5 aromatic heterocycles. The van der Waals surface area contributed by atoms with Crippen molar-refractivity contribution in [1.82, 2.24) is 33.2 Å². The highest BCUT2D eigenvalue weighted by atomic mass is 15.3. The third kappa shape index (κ3) is 5.54. The molecule has 7 heteroatoms. The SMILES string of the molecule is [2H]c1c([2H])c([2H])c2c(c1[2H])c1ccccc1n2-c1nc(-c2c(-c3ccc4c(c3)c3ccccc3n4-c3ccccc3)cccc2-n2c3ccccc3c3ccccc32)nc(-n2c3ccccc3c3ccccc32)n1. The van der Waals surface area contributed by atoms with Crippen molar-refractivity contribution in [1.29, 1.82) is 0 Å². The smallest absolute Gasteiger partial charge is 0.240 e. The van der Waals surface area contributed by atoms with Crippen LogP contribution in [0.1, 0.15) is 5.48 Å². The lowest BCUT2D eigenvalue weighted by Crippen LogP contribution is -2.11. The third-order valence-corrected chi connectivity index (χ3v) is 14.0. The minimum atomic E-state index is -0.341. The molecule has 0 atom stereocenters. The second-order valence-corrected chi connectivity index (χ2v) is 17.7. The Morgan fingerprint density at radius 1 is 0.314 bits per heavy atom. The van der Waals surface area contributed by atoms with Crippen molar-refractivity contribution in [3.8, 4) is 45.8 Å². The van der Waals surface area contributed by atoms with E-state index in [4.69, 9.17) is 17.7 Å². The molecule has 0 saturated carbocycles. The largest absolute Gasteiger partial charge is 0.309 e. The molecule has 0 radical (unpaired) electrons. The van der Waals surface area contributed by atoms with E-state index < -0.39 is 0 Å². The van der Waals surface area contributed by atoms with E-state index in [1.54, 1.807) is 4.57 Å². The molecule has 0 saturated heterocycles. The average molecular weight is 898 g/mol. The van der Waals surface area contributed by atoms with Crippen LogP contribution < -0.4 is 0 Å². The topological polar surface area (TPSA) is 58.4 Å². The van der Waals surface area contributed by atoms with E-state index in [9.17, 15) is 2.74 Å². The Morgan fingerprint density at radius 3 is 1.33 bits per heavy atom. The van der Waals surface area contributed by atoms with Crippen LogP contribution in [-0.2, 0) is 0 Å². The fraction of sp³-hybridized carbons (Fsp3) is 0. The zero-order valence-electron chi connectivity index (χ0n) is 41.3. The van der Waals surface area contributed by atoms with Gasteiger partial charge in [0.15, 0.2) is 5.82 Å². The predicted octanol–water partition coefficient (Wildman–Crippen LogP) is 15.6. The molecule has 7 nitrogen and oxygen atoms in total. The minimum Gasteiger partial charge on any atom is -0.309 e. The first-order valence-corrected chi connectivity index (χ1v) is 23.4. The van der Waals surface area contributed by atoms with Crippen LogP contribution in [-0.4, -0.2) is 33.2 Å². The second kappa shape index (κ2) is 15.0. The number of nitrogens with zero attached hydrogens (tertiary/aromatic N) is 7. The van der Waals surface area contributed by atoms with Gasteiger partial charge in [-0.3, -0.25) is 9.13 Å². The Labute approximate surface area is 406 Å². The Kier molecular flexibility index (Phi) is 7.41. The quantitative estimate of drug-likeness (QED) is 0.167. The highest BCUT2D eigenvalue weighted by Crippen LogP contribution is 2.43. The van der Waals surface area contributed by atoms with Crippen LogP contribution in [0, 0.1) is 0 Å². The van der Waals surface area contributed by atoms with Crippen molar-refractivity contribution in [3.05, 3.63) is 236 Å². The van der Waals surface area contributed by atoms with Crippen LogP contribution in [0.15, 0.2) is 236 Å². The molecule has 15 aromatic rings. The zero-order valence-corrected chi connectivity index (χ0v) is 37.3. The number of fused-ring (bicyclic) bond motifs is 12. The fourth-order valence-corrected chi connectivity index (χ4v) is 11.1. The first-order valence-electron chi connectivity index (χ1n) is 25.4. The second-order valence-electron chi connectivity index (χ2n) is 17.7. The molecule has 0 aliphatic carbocycles. The summed E-state index contributed by atoms with van der Waals surface area (Å²) in [5.41, 5.74) is 11.4. The summed E-state index contributed by atoms with van der Waals surface area (Å²) in [5.74, 6) is 0.920. The van der Waals surface area contributed by atoms with E-state index in [0.29, 0.717) is 28.1 Å². The Bertz CT molecular complexity index is 4750. The van der Waals surface area contributed by atoms with Crippen LogP contribution in [0.5, 0.6) is 0 Å². The van der Waals surface area contributed by atoms with Gasteiger partial charge < -0.3 is 9.13 Å². The molecule has 10 aromatic carbocycles. The lowest BCUT2D eigenvalue weighted by molar-refractivity contribution is 0.892. The standard InChI is InChI=1S/C63H39N7/c1-2-19-41(20-3-1)67-51-29-11-10-27-49(51)50-39-40(37-38-58(50)67)42-28-18-36-59(68-52-30-12-4-21-43(52)44-22-5-13-31-53(44)68)60(42)61-64-62(69-54-32-14-6-23-45(54)46-24-7-15-33-55(46)69)66-63(65-61)70-56-34-16-8-25-47(56)48-26-9-17-35-57(48)70/h1-39H/i6D,14D,23D,32D. The molecule has 70 heavy (non-hydrogen) atoms. The maximum Gasteiger partial charge on any atom is 0.240 e. The number of hydrogen-bond acceptors (Lipinski definition) is 3. The highest BCUT2D eigenvalue weighted by Gasteiger charge is 2.26. The molecule has 0 amide bonds. The third-order valence-electron chi connectivity index (χ3n) is 14.0. The molecule has 5 heterocycles. The number of rotatable bonds is 6. The molecule has 0 spiro atoms. The van der Waals surface area contributed by atoms with Crippen LogP contribution >= 0.6 is 0 Å². The highest BCUT2D eigenvalue weighted by molar-refractivity contribution is 6.13. The summed E-state index contributed by atoms with van der Waals surface area (Å²) in [6.45, 7) is 0. The summed E-state index contributed by atoms with van der Waals surface area (Å²) in [6.07, 6.45) is 0. The summed E-state index contributed by atoms with van der Waals surface area (Å²) in [7, 11) is 0. The Morgan fingerprint density at radius 2 is 0.757 bits per heavy atom. The molecule has 0 aliphatic rings. The van der Waals surface area contributed by atoms with Crippen molar-refractivity contribution < 1.29 is 5.48 Å². The number of benzene rings is 10. The van der Waals surface area contributed by atoms with Crippen molar-refractivity contribution in [2.75, 3.05) is 0 Å². The van der Waals surface area contributed by atoms with Crippen molar-refractivity contribution in [3.63, 3.8) is 0 Å². The lowest BCUT2D eigenvalue weighted by atomic mass is 9.95. The number of para-hydroxylation sites is 8. The summed E-state index contributed by atoms with van der Waals surface area (Å²) < 4.78 is 45.0. The van der Waals surface area contributed by atoms with Gasteiger partial charge in [-0.1, -0.05) is 164 Å². The average Bonchev–Trinajstić information content (AvgIpc) is 4.19. The predicted molar refractivity (Wildman–Crippen MR) is 288 cm³/mol. The van der Waals surface area contributed by atoms with Gasteiger partial charge in [-0.2, -0.15) is 15.0 Å². The van der Waals surface area contributed by atoms with Crippen molar-refractivity contribution >= 4 is 87.2 Å². The molecular formula is C63H39N7. The maximum atomic E-state index is 9.49. The number of aromatic nitrogens is 7. The first kappa shape index (κ1) is 34.7. The van der Waals surface area contributed by atoms with Crippen LogP contribution in [0.3, 0.4) is 0 Å². The van der Waals surface area contributed by atoms with Gasteiger partial charge in [-0.05, 0) is 83.9 Å². The van der Waals surface area contributed by atoms with Crippen LogP contribution in [0.2, 0.25) is 0 Å². The molecular weight excluding hydrogens is 855 g/mol. The van der Waals surface area contributed by atoms with Crippen molar-refractivity contribution in [2.24, 2.45) is 0 Å². The van der Waals surface area contributed by atoms with Crippen molar-refractivity contribution in [2.45, 2.75) is 0 Å². The summed E-state index contributed by atoms with van der Waals surface area (Å²) >= 11 is 0. The van der Waals surface area contributed by atoms with Crippen LogP contribution in [0.4, 0.5) is 0 Å². The van der Waals surface area contributed by atoms with Gasteiger partial charge in [0.1, 0.15) is 0 Å². The van der Waals surface area contributed by atoms with E-state index >= 15 is 0 Å². The fourth-order valence-electron chi connectivity index (χ4n) is 11.1. The molecule has 0 unspecified atom stereocenters. The normalized spacial score (nSPS) is 12.8. The van der Waals surface area contributed by atoms with E-state index in [1.807, 2.05) is 54.6 Å². The van der Waals surface area contributed by atoms with Gasteiger partial charge in [-0.25, -0.2) is 0 Å². The Hall–Kier alpha value is -9.59. The summed E-state index contributed by atoms with van der Waals surface area (Å²) in [6, 6.07) is 72.2. The van der Waals surface area contributed by atoms with E-state index in [1.165, 1.54) is 0 Å². The lowest BCUT2D eigenvalue weighted by Gasteiger charge is -2.19. The Balaban J connectivity index is 1.11. The summed E-state index contributed by atoms with van der Waals surface area (Å²) in [5, 5.41) is 7.55. The molecule has 0 bridgehead atoms. The van der Waals surface area contributed by atoms with Gasteiger partial charge in [0, 0.05) is 48.8 Å². The maximum absolute atomic E-state index is 9.49. The van der Waals surface area contributed by atoms with Gasteiger partial charge >= 0.3 is 0 Å². The zero-order chi connectivity index (χ0) is 49.3. The molecule has 0 fully saturated rings.